The standard InChI is InChI=1S/C12H17N3/c1-5-10-13-9-6-7-15(4)12(9)11(14-10)8(2)3/h6-8H,5H2,1-4H3. The van der Waals surface area contributed by atoms with Gasteiger partial charge in [0, 0.05) is 19.7 Å². The van der Waals surface area contributed by atoms with Crippen LogP contribution in [0.3, 0.4) is 0 Å². The third-order valence-corrected chi connectivity index (χ3v) is 2.66. The highest BCUT2D eigenvalue weighted by Crippen LogP contribution is 2.23. The average Bonchev–Trinajstić information content (AvgIpc) is 2.59. The van der Waals surface area contributed by atoms with Gasteiger partial charge in [0.1, 0.15) is 5.82 Å². The maximum atomic E-state index is 4.62. The Balaban J connectivity index is 2.77. The van der Waals surface area contributed by atoms with E-state index in [-0.39, 0.29) is 0 Å². The normalized spacial score (nSPS) is 11.5. The molecule has 0 aliphatic heterocycles. The topological polar surface area (TPSA) is 30.7 Å². The van der Waals surface area contributed by atoms with E-state index in [1.54, 1.807) is 0 Å². The van der Waals surface area contributed by atoms with Crippen LogP contribution in [0.15, 0.2) is 12.3 Å². The number of hydrogen-bond acceptors (Lipinski definition) is 2. The zero-order valence-electron chi connectivity index (χ0n) is 9.78. The van der Waals surface area contributed by atoms with Crippen molar-refractivity contribution in [2.24, 2.45) is 7.05 Å². The molecule has 3 nitrogen and oxygen atoms in total. The van der Waals surface area contributed by atoms with Crippen molar-refractivity contribution in [2.45, 2.75) is 33.1 Å². The van der Waals surface area contributed by atoms with Crippen molar-refractivity contribution in [1.29, 1.82) is 0 Å². The summed E-state index contributed by atoms with van der Waals surface area (Å²) in [5, 5.41) is 0. The van der Waals surface area contributed by atoms with Gasteiger partial charge in [-0.25, -0.2) is 9.97 Å². The number of nitrogens with zero attached hydrogens (tertiary/aromatic N) is 3. The molecule has 2 rings (SSSR count). The molecular formula is C12H17N3. The Labute approximate surface area is 90.2 Å². The molecule has 0 saturated heterocycles. The molecule has 0 fully saturated rings. The first kappa shape index (κ1) is 10.1. The lowest BCUT2D eigenvalue weighted by Gasteiger charge is -2.09. The first-order valence-corrected chi connectivity index (χ1v) is 5.45. The minimum absolute atomic E-state index is 0.439. The lowest BCUT2D eigenvalue weighted by Crippen LogP contribution is -2.03. The van der Waals surface area contributed by atoms with Gasteiger partial charge in [0.2, 0.25) is 0 Å². The van der Waals surface area contributed by atoms with Gasteiger partial charge in [0.05, 0.1) is 16.7 Å². The molecular weight excluding hydrogens is 186 g/mol. The van der Waals surface area contributed by atoms with Gasteiger partial charge in [0.25, 0.3) is 0 Å². The Kier molecular flexibility index (Phi) is 2.47. The van der Waals surface area contributed by atoms with Crippen LogP contribution in [-0.4, -0.2) is 14.5 Å². The lowest BCUT2D eigenvalue weighted by molar-refractivity contribution is 0.789. The third kappa shape index (κ3) is 1.62. The second-order valence-corrected chi connectivity index (χ2v) is 4.19. The van der Waals surface area contributed by atoms with Crippen LogP contribution in [0.1, 0.15) is 38.2 Å². The second-order valence-electron chi connectivity index (χ2n) is 4.19. The SMILES string of the molecule is CCc1nc(C(C)C)c2c(ccn2C)n1. The predicted octanol–water partition coefficient (Wildman–Crippen LogP) is 2.65. The van der Waals surface area contributed by atoms with E-state index in [2.05, 4.69) is 41.4 Å². The molecule has 0 atom stereocenters. The van der Waals surface area contributed by atoms with Crippen molar-refractivity contribution in [2.75, 3.05) is 0 Å². The maximum Gasteiger partial charge on any atom is 0.129 e. The molecule has 0 aliphatic carbocycles. The molecule has 0 amide bonds. The smallest absolute Gasteiger partial charge is 0.129 e. The van der Waals surface area contributed by atoms with E-state index in [4.69, 9.17) is 0 Å². The zero-order valence-corrected chi connectivity index (χ0v) is 9.78. The van der Waals surface area contributed by atoms with Crippen molar-refractivity contribution in [3.8, 4) is 0 Å². The molecule has 15 heavy (non-hydrogen) atoms. The van der Waals surface area contributed by atoms with Gasteiger partial charge in [-0.2, -0.15) is 0 Å². The Morgan fingerprint density at radius 1 is 1.33 bits per heavy atom. The van der Waals surface area contributed by atoms with E-state index in [1.807, 2.05) is 13.2 Å². The minimum Gasteiger partial charge on any atom is -0.348 e. The van der Waals surface area contributed by atoms with Crippen LogP contribution in [0.4, 0.5) is 0 Å². The number of aromatic nitrogens is 3. The summed E-state index contributed by atoms with van der Waals surface area (Å²) in [4.78, 5) is 9.15. The first-order valence-electron chi connectivity index (χ1n) is 5.45. The average molecular weight is 203 g/mol. The Morgan fingerprint density at radius 3 is 2.67 bits per heavy atom. The quantitative estimate of drug-likeness (QED) is 0.751. The summed E-state index contributed by atoms with van der Waals surface area (Å²) in [6.45, 7) is 6.44. The van der Waals surface area contributed by atoms with Crippen molar-refractivity contribution < 1.29 is 0 Å². The number of aryl methyl sites for hydroxylation is 2. The van der Waals surface area contributed by atoms with Crippen molar-refractivity contribution >= 4 is 11.0 Å². The van der Waals surface area contributed by atoms with E-state index in [0.717, 1.165) is 23.5 Å². The molecule has 0 aliphatic rings. The molecule has 0 spiro atoms. The van der Waals surface area contributed by atoms with Gasteiger partial charge in [0.15, 0.2) is 0 Å². The van der Waals surface area contributed by atoms with Gasteiger partial charge >= 0.3 is 0 Å². The van der Waals surface area contributed by atoms with Crippen LogP contribution >= 0.6 is 0 Å². The molecule has 2 heterocycles. The molecule has 80 valence electrons. The Bertz CT molecular complexity index is 483. The Morgan fingerprint density at radius 2 is 2.07 bits per heavy atom. The minimum atomic E-state index is 0.439. The van der Waals surface area contributed by atoms with Gasteiger partial charge in [-0.05, 0) is 12.0 Å². The molecule has 2 aromatic heterocycles. The predicted molar refractivity (Wildman–Crippen MR) is 62.0 cm³/mol. The van der Waals surface area contributed by atoms with Crippen LogP contribution in [0.2, 0.25) is 0 Å². The molecule has 0 aromatic carbocycles. The molecule has 0 unspecified atom stereocenters. The molecule has 2 aromatic rings. The van der Waals surface area contributed by atoms with Crippen LogP contribution < -0.4 is 0 Å². The van der Waals surface area contributed by atoms with Crippen LogP contribution in [0, 0.1) is 0 Å². The molecule has 0 bridgehead atoms. The number of hydrogen-bond donors (Lipinski definition) is 0. The number of rotatable bonds is 2. The molecule has 0 N–H and O–H groups in total. The summed E-state index contributed by atoms with van der Waals surface area (Å²) in [7, 11) is 2.04. The molecule has 0 radical (unpaired) electrons. The fourth-order valence-corrected chi connectivity index (χ4v) is 1.84. The highest BCUT2D eigenvalue weighted by atomic mass is 15.0. The second kappa shape index (κ2) is 3.65. The van der Waals surface area contributed by atoms with E-state index in [9.17, 15) is 0 Å². The van der Waals surface area contributed by atoms with Crippen LogP contribution in [-0.2, 0) is 13.5 Å². The number of fused-ring (bicyclic) bond motifs is 1. The van der Waals surface area contributed by atoms with Gasteiger partial charge in [-0.15, -0.1) is 0 Å². The van der Waals surface area contributed by atoms with Gasteiger partial charge in [-0.3, -0.25) is 0 Å². The highest BCUT2D eigenvalue weighted by molar-refractivity contribution is 5.78. The van der Waals surface area contributed by atoms with Crippen molar-refractivity contribution in [3.05, 3.63) is 23.8 Å². The van der Waals surface area contributed by atoms with Gasteiger partial charge < -0.3 is 4.57 Å². The molecule has 3 heteroatoms. The zero-order chi connectivity index (χ0) is 11.0. The van der Waals surface area contributed by atoms with Crippen LogP contribution in [0.5, 0.6) is 0 Å². The van der Waals surface area contributed by atoms with Gasteiger partial charge in [-0.1, -0.05) is 20.8 Å². The lowest BCUT2D eigenvalue weighted by atomic mass is 10.1. The monoisotopic (exact) mass is 203 g/mol. The summed E-state index contributed by atoms with van der Waals surface area (Å²) < 4.78 is 2.10. The summed E-state index contributed by atoms with van der Waals surface area (Å²) in [5.74, 6) is 1.38. The highest BCUT2D eigenvalue weighted by Gasteiger charge is 2.12. The van der Waals surface area contributed by atoms with E-state index >= 15 is 0 Å². The third-order valence-electron chi connectivity index (χ3n) is 2.66. The van der Waals surface area contributed by atoms with Crippen molar-refractivity contribution in [3.63, 3.8) is 0 Å². The summed E-state index contributed by atoms with van der Waals surface area (Å²) >= 11 is 0. The fraction of sp³-hybridized carbons (Fsp3) is 0.500. The Hall–Kier alpha value is -1.38. The fourth-order valence-electron chi connectivity index (χ4n) is 1.84. The van der Waals surface area contributed by atoms with Crippen molar-refractivity contribution in [1.82, 2.24) is 14.5 Å². The first-order chi connectivity index (χ1) is 7.13. The largest absolute Gasteiger partial charge is 0.348 e. The summed E-state index contributed by atoms with van der Waals surface area (Å²) in [5.41, 5.74) is 3.39. The molecule has 0 saturated carbocycles. The van der Waals surface area contributed by atoms with E-state index in [0.29, 0.717) is 5.92 Å². The maximum absolute atomic E-state index is 4.62. The van der Waals surface area contributed by atoms with E-state index < -0.39 is 0 Å². The summed E-state index contributed by atoms with van der Waals surface area (Å²) in [6, 6.07) is 2.06. The van der Waals surface area contributed by atoms with Crippen LogP contribution in [0.25, 0.3) is 11.0 Å². The van der Waals surface area contributed by atoms with E-state index in [1.165, 1.54) is 5.52 Å². The summed E-state index contributed by atoms with van der Waals surface area (Å²) in [6.07, 6.45) is 2.94.